The van der Waals surface area contributed by atoms with Gasteiger partial charge >= 0.3 is 0 Å². The number of benzene rings is 3. The third kappa shape index (κ3) is 4.94. The molecule has 7 heteroatoms. The molecular formula is C25H26N4O2S. The summed E-state index contributed by atoms with van der Waals surface area (Å²) in [5.74, 6) is 1.79. The number of anilines is 1. The van der Waals surface area contributed by atoms with E-state index in [9.17, 15) is 4.79 Å². The molecule has 0 spiro atoms. The molecular weight excluding hydrogens is 420 g/mol. The van der Waals surface area contributed by atoms with Crippen molar-refractivity contribution < 1.29 is 9.53 Å². The third-order valence-electron chi connectivity index (χ3n) is 5.23. The molecule has 164 valence electrons. The Morgan fingerprint density at radius 2 is 1.75 bits per heavy atom. The number of rotatable bonds is 8. The maximum absolute atomic E-state index is 12.5. The van der Waals surface area contributed by atoms with E-state index in [0.29, 0.717) is 18.3 Å². The largest absolute Gasteiger partial charge is 0.485 e. The van der Waals surface area contributed by atoms with Crippen molar-refractivity contribution in [3.05, 3.63) is 77.6 Å². The smallest absolute Gasteiger partial charge is 0.234 e. The summed E-state index contributed by atoms with van der Waals surface area (Å²) < 4.78 is 8.02. The molecule has 1 aromatic heterocycles. The lowest BCUT2D eigenvalue weighted by molar-refractivity contribution is -0.113. The van der Waals surface area contributed by atoms with Crippen molar-refractivity contribution in [3.63, 3.8) is 0 Å². The number of nitrogens with one attached hydrogen (secondary N) is 1. The lowest BCUT2D eigenvalue weighted by Crippen LogP contribution is -2.15. The number of aryl methyl sites for hydroxylation is 2. The number of hydrogen-bond donors (Lipinski definition) is 1. The molecule has 0 aliphatic carbocycles. The molecule has 0 atom stereocenters. The minimum atomic E-state index is -0.0794. The number of thioether (sulfide) groups is 1. The first-order valence-electron chi connectivity index (χ1n) is 10.6. The van der Waals surface area contributed by atoms with Crippen LogP contribution in [0.25, 0.3) is 10.8 Å². The van der Waals surface area contributed by atoms with Gasteiger partial charge in [-0.15, -0.1) is 10.2 Å². The topological polar surface area (TPSA) is 69.0 Å². The van der Waals surface area contributed by atoms with Gasteiger partial charge in [0.05, 0.1) is 5.75 Å². The Morgan fingerprint density at radius 3 is 2.50 bits per heavy atom. The summed E-state index contributed by atoms with van der Waals surface area (Å²) >= 11 is 1.37. The molecule has 32 heavy (non-hydrogen) atoms. The van der Waals surface area contributed by atoms with E-state index in [1.165, 1.54) is 11.8 Å². The monoisotopic (exact) mass is 446 g/mol. The molecule has 0 saturated heterocycles. The van der Waals surface area contributed by atoms with Gasteiger partial charge in [0, 0.05) is 12.2 Å². The van der Waals surface area contributed by atoms with Gasteiger partial charge in [0.15, 0.2) is 11.0 Å². The Bertz CT molecular complexity index is 1230. The summed E-state index contributed by atoms with van der Waals surface area (Å²) in [6.07, 6.45) is 0. The van der Waals surface area contributed by atoms with Gasteiger partial charge in [0.25, 0.3) is 0 Å². The standard InChI is InChI=1S/C25H26N4O2S/c1-4-29-22(15-31-24-17(2)8-7-9-18(24)3)27-28-25(29)32-16-23(30)26-21-13-12-19-10-5-6-11-20(19)14-21/h5-14H,4,15-16H2,1-3H3,(H,26,30). The van der Waals surface area contributed by atoms with Crippen molar-refractivity contribution in [1.82, 2.24) is 14.8 Å². The van der Waals surface area contributed by atoms with Crippen molar-refractivity contribution in [2.75, 3.05) is 11.1 Å². The van der Waals surface area contributed by atoms with Gasteiger partial charge in [-0.3, -0.25) is 4.79 Å². The Morgan fingerprint density at radius 1 is 1.00 bits per heavy atom. The molecule has 1 amide bonds. The van der Waals surface area contributed by atoms with Crippen LogP contribution in [0.15, 0.2) is 65.8 Å². The second-order valence-corrected chi connectivity index (χ2v) is 8.49. The lowest BCUT2D eigenvalue weighted by Gasteiger charge is -2.12. The Hall–Kier alpha value is -3.32. The van der Waals surface area contributed by atoms with E-state index in [1.807, 2.05) is 79.9 Å². The molecule has 6 nitrogen and oxygen atoms in total. The van der Waals surface area contributed by atoms with E-state index in [0.717, 1.165) is 39.2 Å². The Balaban J connectivity index is 1.37. The van der Waals surface area contributed by atoms with Gasteiger partial charge < -0.3 is 14.6 Å². The van der Waals surface area contributed by atoms with Gasteiger partial charge in [-0.05, 0) is 54.8 Å². The van der Waals surface area contributed by atoms with Crippen molar-refractivity contribution in [2.45, 2.75) is 39.1 Å². The predicted octanol–water partition coefficient (Wildman–Crippen LogP) is 5.38. The first-order valence-corrected chi connectivity index (χ1v) is 11.6. The van der Waals surface area contributed by atoms with Crippen molar-refractivity contribution in [1.29, 1.82) is 0 Å². The number of carbonyl (C=O) groups excluding carboxylic acids is 1. The van der Waals surface area contributed by atoms with Crippen LogP contribution in [-0.2, 0) is 17.9 Å². The maximum atomic E-state index is 12.5. The Kier molecular flexibility index (Phi) is 6.75. The fraction of sp³-hybridized carbons (Fsp3) is 0.240. The maximum Gasteiger partial charge on any atom is 0.234 e. The normalized spacial score (nSPS) is 11.0. The fourth-order valence-corrected chi connectivity index (χ4v) is 4.43. The van der Waals surface area contributed by atoms with Crippen LogP contribution >= 0.6 is 11.8 Å². The summed E-state index contributed by atoms with van der Waals surface area (Å²) in [7, 11) is 0. The van der Waals surface area contributed by atoms with Crippen molar-refractivity contribution in [2.24, 2.45) is 0 Å². The molecule has 0 saturated carbocycles. The highest BCUT2D eigenvalue weighted by Gasteiger charge is 2.15. The van der Waals surface area contributed by atoms with E-state index in [2.05, 4.69) is 21.6 Å². The van der Waals surface area contributed by atoms with Crippen LogP contribution in [0.4, 0.5) is 5.69 Å². The molecule has 1 heterocycles. The molecule has 0 unspecified atom stereocenters. The quantitative estimate of drug-likeness (QED) is 0.368. The zero-order valence-electron chi connectivity index (χ0n) is 18.5. The van der Waals surface area contributed by atoms with Crippen molar-refractivity contribution >= 4 is 34.1 Å². The number of para-hydroxylation sites is 1. The van der Waals surface area contributed by atoms with Crippen molar-refractivity contribution in [3.8, 4) is 5.75 Å². The molecule has 4 rings (SSSR count). The minimum Gasteiger partial charge on any atom is -0.485 e. The summed E-state index contributed by atoms with van der Waals surface area (Å²) in [5, 5.41) is 14.5. The molecule has 0 aliphatic rings. The van der Waals surface area contributed by atoms with Crippen LogP contribution in [0.1, 0.15) is 23.9 Å². The summed E-state index contributed by atoms with van der Waals surface area (Å²) in [4.78, 5) is 12.5. The van der Waals surface area contributed by atoms with Crippen LogP contribution < -0.4 is 10.1 Å². The van der Waals surface area contributed by atoms with E-state index < -0.39 is 0 Å². The van der Waals surface area contributed by atoms with Crippen LogP contribution in [0, 0.1) is 13.8 Å². The second kappa shape index (κ2) is 9.87. The van der Waals surface area contributed by atoms with Crippen LogP contribution in [0.5, 0.6) is 5.75 Å². The number of hydrogen-bond acceptors (Lipinski definition) is 5. The molecule has 3 aromatic carbocycles. The highest BCUT2D eigenvalue weighted by Crippen LogP contribution is 2.24. The average Bonchev–Trinajstić information content (AvgIpc) is 3.19. The highest BCUT2D eigenvalue weighted by molar-refractivity contribution is 7.99. The number of fused-ring (bicyclic) bond motifs is 1. The van der Waals surface area contributed by atoms with E-state index in [-0.39, 0.29) is 11.7 Å². The molecule has 1 N–H and O–H groups in total. The number of nitrogens with zero attached hydrogens (tertiary/aromatic N) is 3. The Labute approximate surface area is 192 Å². The predicted molar refractivity (Wildman–Crippen MR) is 129 cm³/mol. The minimum absolute atomic E-state index is 0.0794. The van der Waals surface area contributed by atoms with Gasteiger partial charge in [0.1, 0.15) is 12.4 Å². The van der Waals surface area contributed by atoms with Gasteiger partial charge in [0.2, 0.25) is 5.91 Å². The van der Waals surface area contributed by atoms with E-state index >= 15 is 0 Å². The van der Waals surface area contributed by atoms with Gasteiger partial charge in [-0.1, -0.05) is 60.3 Å². The summed E-state index contributed by atoms with van der Waals surface area (Å²) in [6.45, 7) is 7.12. The first-order chi connectivity index (χ1) is 15.5. The molecule has 4 aromatic rings. The van der Waals surface area contributed by atoms with Gasteiger partial charge in [-0.2, -0.15) is 0 Å². The van der Waals surface area contributed by atoms with E-state index in [1.54, 1.807) is 0 Å². The molecule has 0 bridgehead atoms. The second-order valence-electron chi connectivity index (χ2n) is 7.55. The van der Waals surface area contributed by atoms with Crippen LogP contribution in [0.2, 0.25) is 0 Å². The number of amides is 1. The average molecular weight is 447 g/mol. The zero-order chi connectivity index (χ0) is 22.5. The number of ether oxygens (including phenoxy) is 1. The summed E-state index contributed by atoms with van der Waals surface area (Å²) in [5.41, 5.74) is 2.97. The third-order valence-corrected chi connectivity index (χ3v) is 6.20. The number of carbonyl (C=O) groups is 1. The molecule has 0 radical (unpaired) electrons. The first kappa shape index (κ1) is 21.9. The fourth-order valence-electron chi connectivity index (χ4n) is 3.61. The molecule has 0 fully saturated rings. The highest BCUT2D eigenvalue weighted by atomic mass is 32.2. The zero-order valence-corrected chi connectivity index (χ0v) is 19.3. The lowest BCUT2D eigenvalue weighted by atomic mass is 10.1. The molecule has 0 aliphatic heterocycles. The van der Waals surface area contributed by atoms with Gasteiger partial charge in [-0.25, -0.2) is 0 Å². The van der Waals surface area contributed by atoms with Crippen LogP contribution in [-0.4, -0.2) is 26.4 Å². The number of aromatic nitrogens is 3. The summed E-state index contributed by atoms with van der Waals surface area (Å²) in [6, 6.07) is 20.1. The van der Waals surface area contributed by atoms with E-state index in [4.69, 9.17) is 4.74 Å². The van der Waals surface area contributed by atoms with Crippen LogP contribution in [0.3, 0.4) is 0 Å². The SMILES string of the molecule is CCn1c(COc2c(C)cccc2C)nnc1SCC(=O)Nc1ccc2ccccc2c1.